The first-order valence-corrected chi connectivity index (χ1v) is 6.94. The first-order valence-electron chi connectivity index (χ1n) is 5.81. The first-order chi connectivity index (χ1) is 9.02. The Labute approximate surface area is 127 Å². The Morgan fingerprint density at radius 1 is 1.00 bits per heavy atom. The Bertz CT molecular complexity index is 595. The molecular weight excluding hydrogens is 303 g/mol. The molecule has 0 aromatic heterocycles. The van der Waals surface area contributed by atoms with E-state index in [1.165, 1.54) is 0 Å². The Morgan fingerprint density at radius 3 is 2.00 bits per heavy atom. The summed E-state index contributed by atoms with van der Waals surface area (Å²) in [7, 11) is 0. The molecule has 0 aliphatic carbocycles. The van der Waals surface area contributed by atoms with Crippen LogP contribution in [0.3, 0.4) is 0 Å². The van der Waals surface area contributed by atoms with Crippen molar-refractivity contribution < 1.29 is 4.79 Å². The van der Waals surface area contributed by atoms with Crippen molar-refractivity contribution in [1.82, 2.24) is 0 Å². The number of hydrogen-bond acceptors (Lipinski definition) is 1. The fraction of sp³-hybridized carbons (Fsp3) is 0.133. The third kappa shape index (κ3) is 3.11. The van der Waals surface area contributed by atoms with Gasteiger partial charge >= 0.3 is 0 Å². The molecule has 0 fully saturated rings. The van der Waals surface area contributed by atoms with Crippen LogP contribution in [0.2, 0.25) is 15.1 Å². The van der Waals surface area contributed by atoms with Gasteiger partial charge in [0.2, 0.25) is 0 Å². The van der Waals surface area contributed by atoms with Crippen molar-refractivity contribution in [2.24, 2.45) is 0 Å². The van der Waals surface area contributed by atoms with Crippen LogP contribution in [0.4, 0.5) is 0 Å². The smallest absolute Gasteiger partial charge is 0.162 e. The molecule has 0 heterocycles. The standard InChI is InChI=1S/C15H11Cl3O/c1-2-14(19)9-3-5-10(6-4-9)15-12(17)7-11(16)8-13(15)18/h3-8H,2H2,1H3. The van der Waals surface area contributed by atoms with Crippen molar-refractivity contribution in [3.05, 3.63) is 57.0 Å². The molecule has 0 aliphatic heterocycles. The van der Waals surface area contributed by atoms with E-state index >= 15 is 0 Å². The molecule has 19 heavy (non-hydrogen) atoms. The van der Waals surface area contributed by atoms with E-state index in [0.29, 0.717) is 27.1 Å². The van der Waals surface area contributed by atoms with E-state index in [0.717, 1.165) is 11.1 Å². The van der Waals surface area contributed by atoms with E-state index in [-0.39, 0.29) is 5.78 Å². The molecule has 98 valence electrons. The highest BCUT2D eigenvalue weighted by atomic mass is 35.5. The van der Waals surface area contributed by atoms with E-state index in [1.54, 1.807) is 24.3 Å². The van der Waals surface area contributed by atoms with Gasteiger partial charge in [0.1, 0.15) is 0 Å². The maximum Gasteiger partial charge on any atom is 0.162 e. The van der Waals surface area contributed by atoms with Crippen LogP contribution in [-0.4, -0.2) is 5.78 Å². The van der Waals surface area contributed by atoms with Crippen LogP contribution in [0, 0.1) is 0 Å². The Kier molecular flexibility index (Phi) is 4.51. The SMILES string of the molecule is CCC(=O)c1ccc(-c2c(Cl)cc(Cl)cc2Cl)cc1. The monoisotopic (exact) mass is 312 g/mol. The first kappa shape index (κ1) is 14.4. The highest BCUT2D eigenvalue weighted by molar-refractivity contribution is 6.41. The largest absolute Gasteiger partial charge is 0.294 e. The molecular formula is C15H11Cl3O. The van der Waals surface area contributed by atoms with Crippen LogP contribution in [0.25, 0.3) is 11.1 Å². The van der Waals surface area contributed by atoms with Crippen LogP contribution < -0.4 is 0 Å². The molecule has 0 bridgehead atoms. The number of ketones is 1. The molecule has 1 nitrogen and oxygen atoms in total. The molecule has 4 heteroatoms. The molecule has 0 N–H and O–H groups in total. The zero-order chi connectivity index (χ0) is 14.0. The van der Waals surface area contributed by atoms with Crippen molar-refractivity contribution in [3.8, 4) is 11.1 Å². The Hall–Kier alpha value is -1.02. The minimum absolute atomic E-state index is 0.111. The maximum atomic E-state index is 11.6. The summed E-state index contributed by atoms with van der Waals surface area (Å²) in [6.07, 6.45) is 0.488. The Balaban J connectivity index is 2.46. The summed E-state index contributed by atoms with van der Waals surface area (Å²) >= 11 is 18.2. The fourth-order valence-electron chi connectivity index (χ4n) is 1.84. The highest BCUT2D eigenvalue weighted by Crippen LogP contribution is 2.37. The molecule has 0 saturated heterocycles. The van der Waals surface area contributed by atoms with Gasteiger partial charge in [-0.2, -0.15) is 0 Å². The third-order valence-electron chi connectivity index (χ3n) is 2.82. The van der Waals surface area contributed by atoms with E-state index in [4.69, 9.17) is 34.8 Å². The molecule has 0 amide bonds. The van der Waals surface area contributed by atoms with Gasteiger partial charge in [0.05, 0.1) is 10.0 Å². The molecule has 0 unspecified atom stereocenters. The average Bonchev–Trinajstić information content (AvgIpc) is 2.37. The van der Waals surface area contributed by atoms with E-state index in [9.17, 15) is 4.79 Å². The van der Waals surface area contributed by atoms with E-state index in [1.807, 2.05) is 19.1 Å². The summed E-state index contributed by atoms with van der Waals surface area (Å²) in [6.45, 7) is 1.84. The van der Waals surface area contributed by atoms with E-state index in [2.05, 4.69) is 0 Å². The van der Waals surface area contributed by atoms with Crippen LogP contribution in [0.5, 0.6) is 0 Å². The molecule has 0 aliphatic rings. The van der Waals surface area contributed by atoms with E-state index < -0.39 is 0 Å². The molecule has 0 atom stereocenters. The predicted molar refractivity (Wildman–Crippen MR) is 81.5 cm³/mol. The van der Waals surface area contributed by atoms with Crippen molar-refractivity contribution in [2.75, 3.05) is 0 Å². The third-order valence-corrected chi connectivity index (χ3v) is 3.64. The van der Waals surface area contributed by atoms with Gasteiger partial charge in [-0.1, -0.05) is 66.0 Å². The second kappa shape index (κ2) is 5.96. The van der Waals surface area contributed by atoms with Gasteiger partial charge in [-0.3, -0.25) is 4.79 Å². The lowest BCUT2D eigenvalue weighted by Crippen LogP contribution is -1.95. The summed E-state index contributed by atoms with van der Waals surface area (Å²) in [5.41, 5.74) is 2.27. The number of rotatable bonds is 3. The Morgan fingerprint density at radius 2 is 1.53 bits per heavy atom. The van der Waals surface area contributed by atoms with Gasteiger partial charge in [-0.15, -0.1) is 0 Å². The second-order valence-corrected chi connectivity index (χ2v) is 5.35. The molecule has 2 aromatic carbocycles. The minimum atomic E-state index is 0.111. The number of carbonyl (C=O) groups is 1. The number of benzene rings is 2. The molecule has 2 rings (SSSR count). The molecule has 2 aromatic rings. The van der Waals surface area contributed by atoms with Crippen LogP contribution >= 0.6 is 34.8 Å². The van der Waals surface area contributed by atoms with Crippen LogP contribution in [0.1, 0.15) is 23.7 Å². The fourth-order valence-corrected chi connectivity index (χ4v) is 2.88. The van der Waals surface area contributed by atoms with Crippen molar-refractivity contribution in [3.63, 3.8) is 0 Å². The second-order valence-electron chi connectivity index (χ2n) is 4.10. The zero-order valence-corrected chi connectivity index (χ0v) is 12.5. The lowest BCUT2D eigenvalue weighted by molar-refractivity contribution is 0.0988. The number of hydrogen-bond donors (Lipinski definition) is 0. The van der Waals surface area contributed by atoms with Crippen LogP contribution in [0.15, 0.2) is 36.4 Å². The van der Waals surface area contributed by atoms with Crippen molar-refractivity contribution in [2.45, 2.75) is 13.3 Å². The van der Waals surface area contributed by atoms with Gasteiger partial charge in [-0.25, -0.2) is 0 Å². The summed E-state index contributed by atoms with van der Waals surface area (Å²) in [6, 6.07) is 10.5. The number of halogens is 3. The number of carbonyl (C=O) groups excluding carboxylic acids is 1. The van der Waals surface area contributed by atoms with Crippen LogP contribution in [-0.2, 0) is 0 Å². The summed E-state index contributed by atoms with van der Waals surface area (Å²) in [5.74, 6) is 0.111. The summed E-state index contributed by atoms with van der Waals surface area (Å²) in [4.78, 5) is 11.6. The lowest BCUT2D eigenvalue weighted by atomic mass is 10.0. The number of Topliss-reactive ketones (excluding diaryl/α,β-unsaturated/α-hetero) is 1. The molecule has 0 saturated carbocycles. The van der Waals surface area contributed by atoms with Gasteiger partial charge in [0, 0.05) is 22.6 Å². The summed E-state index contributed by atoms with van der Waals surface area (Å²) in [5, 5.41) is 1.48. The van der Waals surface area contributed by atoms with Crippen molar-refractivity contribution >= 4 is 40.6 Å². The van der Waals surface area contributed by atoms with Gasteiger partial charge < -0.3 is 0 Å². The van der Waals surface area contributed by atoms with Gasteiger partial charge in [0.15, 0.2) is 5.78 Å². The van der Waals surface area contributed by atoms with Gasteiger partial charge in [0.25, 0.3) is 0 Å². The lowest BCUT2D eigenvalue weighted by Gasteiger charge is -2.08. The predicted octanol–water partition coefficient (Wildman–Crippen LogP) is 5.91. The molecule has 0 spiro atoms. The zero-order valence-electron chi connectivity index (χ0n) is 10.2. The maximum absolute atomic E-state index is 11.6. The van der Waals surface area contributed by atoms with Crippen molar-refractivity contribution in [1.29, 1.82) is 0 Å². The normalized spacial score (nSPS) is 10.5. The highest BCUT2D eigenvalue weighted by Gasteiger charge is 2.11. The topological polar surface area (TPSA) is 17.1 Å². The summed E-state index contributed by atoms with van der Waals surface area (Å²) < 4.78 is 0. The van der Waals surface area contributed by atoms with Gasteiger partial charge in [-0.05, 0) is 17.7 Å². The average molecular weight is 314 g/mol. The quantitative estimate of drug-likeness (QED) is 0.644. The minimum Gasteiger partial charge on any atom is -0.294 e. The molecule has 0 radical (unpaired) electrons.